The van der Waals surface area contributed by atoms with Crippen LogP contribution < -0.4 is 5.43 Å². The van der Waals surface area contributed by atoms with E-state index in [2.05, 4.69) is 17.5 Å². The SMILES string of the molecule is CCc1ccc(/C=N/NC(=O)c2ccc([N+](=O)[O-])c(C)c2)cc1. The van der Waals surface area contributed by atoms with Crippen molar-refractivity contribution in [2.24, 2.45) is 5.10 Å². The number of amides is 1. The third-order valence-corrected chi connectivity index (χ3v) is 3.42. The van der Waals surface area contributed by atoms with Crippen LogP contribution in [0.2, 0.25) is 0 Å². The first-order valence-electron chi connectivity index (χ1n) is 7.18. The van der Waals surface area contributed by atoms with Crippen molar-refractivity contribution in [2.45, 2.75) is 20.3 Å². The van der Waals surface area contributed by atoms with Gasteiger partial charge in [0.2, 0.25) is 0 Å². The predicted molar refractivity (Wildman–Crippen MR) is 88.7 cm³/mol. The number of nitro groups is 1. The zero-order valence-corrected chi connectivity index (χ0v) is 12.9. The van der Waals surface area contributed by atoms with Gasteiger partial charge in [-0.2, -0.15) is 5.10 Å². The number of benzene rings is 2. The molecule has 0 aromatic heterocycles. The van der Waals surface area contributed by atoms with E-state index < -0.39 is 10.8 Å². The molecular formula is C17H17N3O3. The van der Waals surface area contributed by atoms with Gasteiger partial charge in [0, 0.05) is 17.2 Å². The molecule has 0 heterocycles. The molecule has 2 rings (SSSR count). The molecule has 0 fully saturated rings. The summed E-state index contributed by atoms with van der Waals surface area (Å²) in [6.07, 6.45) is 2.52. The van der Waals surface area contributed by atoms with E-state index in [0.29, 0.717) is 11.1 Å². The molecule has 1 amide bonds. The molecular weight excluding hydrogens is 294 g/mol. The lowest BCUT2D eigenvalue weighted by atomic mass is 10.1. The van der Waals surface area contributed by atoms with Crippen molar-refractivity contribution in [2.75, 3.05) is 0 Å². The maximum absolute atomic E-state index is 12.0. The van der Waals surface area contributed by atoms with Crippen LogP contribution in [0.5, 0.6) is 0 Å². The second-order valence-corrected chi connectivity index (χ2v) is 5.05. The molecule has 0 spiro atoms. The number of nitro benzene ring substituents is 1. The number of hydrazone groups is 1. The third kappa shape index (κ3) is 4.23. The van der Waals surface area contributed by atoms with Gasteiger partial charge in [-0.05, 0) is 36.6 Å². The van der Waals surface area contributed by atoms with E-state index in [9.17, 15) is 14.9 Å². The third-order valence-electron chi connectivity index (χ3n) is 3.42. The van der Waals surface area contributed by atoms with Crippen LogP contribution in [0.3, 0.4) is 0 Å². The van der Waals surface area contributed by atoms with E-state index in [-0.39, 0.29) is 5.69 Å². The molecule has 23 heavy (non-hydrogen) atoms. The van der Waals surface area contributed by atoms with Crippen LogP contribution in [-0.2, 0) is 6.42 Å². The number of hydrogen-bond donors (Lipinski definition) is 1. The Labute approximate surface area is 134 Å². The van der Waals surface area contributed by atoms with Crippen LogP contribution in [-0.4, -0.2) is 17.0 Å². The van der Waals surface area contributed by atoms with Crippen molar-refractivity contribution in [3.8, 4) is 0 Å². The molecule has 0 aliphatic carbocycles. The topological polar surface area (TPSA) is 84.6 Å². The molecule has 2 aromatic carbocycles. The second kappa shape index (κ2) is 7.31. The summed E-state index contributed by atoms with van der Waals surface area (Å²) in [6.45, 7) is 3.67. The summed E-state index contributed by atoms with van der Waals surface area (Å²) in [5.74, 6) is -0.413. The van der Waals surface area contributed by atoms with Gasteiger partial charge >= 0.3 is 0 Å². The quantitative estimate of drug-likeness (QED) is 0.522. The largest absolute Gasteiger partial charge is 0.272 e. The van der Waals surface area contributed by atoms with Crippen LogP contribution in [0.25, 0.3) is 0 Å². The molecule has 6 heteroatoms. The summed E-state index contributed by atoms with van der Waals surface area (Å²) in [5, 5.41) is 14.7. The van der Waals surface area contributed by atoms with Crippen LogP contribution in [0.15, 0.2) is 47.6 Å². The zero-order chi connectivity index (χ0) is 16.8. The van der Waals surface area contributed by atoms with Crippen LogP contribution in [0.4, 0.5) is 5.69 Å². The standard InChI is InChI=1S/C17H17N3O3/c1-3-13-4-6-14(7-5-13)11-18-19-17(21)15-8-9-16(20(22)23)12(2)10-15/h4-11H,3H2,1-2H3,(H,19,21)/b18-11+. The van der Waals surface area contributed by atoms with Crippen LogP contribution in [0.1, 0.15) is 34.0 Å². The lowest BCUT2D eigenvalue weighted by Crippen LogP contribution is -2.17. The van der Waals surface area contributed by atoms with Crippen molar-refractivity contribution >= 4 is 17.8 Å². The summed E-state index contributed by atoms with van der Waals surface area (Å²) in [4.78, 5) is 22.3. The van der Waals surface area contributed by atoms with E-state index >= 15 is 0 Å². The van der Waals surface area contributed by atoms with Gasteiger partial charge in [-0.25, -0.2) is 5.43 Å². The molecule has 118 valence electrons. The first kappa shape index (κ1) is 16.4. The number of nitrogens with zero attached hydrogens (tertiary/aromatic N) is 2. The van der Waals surface area contributed by atoms with Crippen molar-refractivity contribution in [1.29, 1.82) is 0 Å². The molecule has 0 aliphatic rings. The fraction of sp³-hybridized carbons (Fsp3) is 0.176. The summed E-state index contributed by atoms with van der Waals surface area (Å²) >= 11 is 0. The monoisotopic (exact) mass is 311 g/mol. The number of carbonyl (C=O) groups excluding carboxylic acids is 1. The molecule has 0 bridgehead atoms. The Hall–Kier alpha value is -3.02. The van der Waals surface area contributed by atoms with Gasteiger partial charge in [0.25, 0.3) is 11.6 Å². The van der Waals surface area contributed by atoms with E-state index in [1.807, 2.05) is 24.3 Å². The Morgan fingerprint density at radius 2 is 1.96 bits per heavy atom. The highest BCUT2D eigenvalue weighted by atomic mass is 16.6. The highest BCUT2D eigenvalue weighted by molar-refractivity contribution is 5.95. The number of nitrogens with one attached hydrogen (secondary N) is 1. The number of rotatable bonds is 5. The van der Waals surface area contributed by atoms with Crippen molar-refractivity contribution < 1.29 is 9.72 Å². The summed E-state index contributed by atoms with van der Waals surface area (Å²) < 4.78 is 0. The van der Waals surface area contributed by atoms with Gasteiger partial charge in [0.1, 0.15) is 0 Å². The molecule has 0 unspecified atom stereocenters. The smallest absolute Gasteiger partial charge is 0.267 e. The van der Waals surface area contributed by atoms with E-state index in [0.717, 1.165) is 12.0 Å². The second-order valence-electron chi connectivity index (χ2n) is 5.05. The van der Waals surface area contributed by atoms with Gasteiger partial charge in [-0.15, -0.1) is 0 Å². The van der Waals surface area contributed by atoms with E-state index in [1.54, 1.807) is 13.1 Å². The van der Waals surface area contributed by atoms with Crippen molar-refractivity contribution in [3.63, 3.8) is 0 Å². The Morgan fingerprint density at radius 3 is 2.52 bits per heavy atom. The first-order chi connectivity index (χ1) is 11.0. The zero-order valence-electron chi connectivity index (χ0n) is 12.9. The fourth-order valence-corrected chi connectivity index (χ4v) is 2.07. The minimum Gasteiger partial charge on any atom is -0.267 e. The first-order valence-corrected chi connectivity index (χ1v) is 7.18. The number of aryl methyl sites for hydroxylation is 2. The minimum absolute atomic E-state index is 0.0129. The summed E-state index contributed by atoms with van der Waals surface area (Å²) in [6, 6.07) is 12.0. The maximum atomic E-state index is 12.0. The highest BCUT2D eigenvalue weighted by Crippen LogP contribution is 2.18. The maximum Gasteiger partial charge on any atom is 0.272 e. The molecule has 0 aliphatic heterocycles. The molecule has 0 atom stereocenters. The van der Waals surface area contributed by atoms with Gasteiger partial charge in [-0.1, -0.05) is 31.2 Å². The summed E-state index contributed by atoms with van der Waals surface area (Å²) in [7, 11) is 0. The molecule has 0 saturated heterocycles. The van der Waals surface area contributed by atoms with Gasteiger partial charge in [-0.3, -0.25) is 14.9 Å². The van der Waals surface area contributed by atoms with Crippen LogP contribution in [0, 0.1) is 17.0 Å². The Kier molecular flexibility index (Phi) is 5.19. The van der Waals surface area contributed by atoms with E-state index in [1.165, 1.54) is 23.8 Å². The molecule has 0 radical (unpaired) electrons. The predicted octanol–water partition coefficient (Wildman–Crippen LogP) is 3.23. The highest BCUT2D eigenvalue weighted by Gasteiger charge is 2.13. The average Bonchev–Trinajstić information content (AvgIpc) is 2.55. The van der Waals surface area contributed by atoms with Crippen LogP contribution >= 0.6 is 0 Å². The van der Waals surface area contributed by atoms with Gasteiger partial charge in [0.15, 0.2) is 0 Å². The normalized spacial score (nSPS) is 10.7. The van der Waals surface area contributed by atoms with Crippen molar-refractivity contribution in [3.05, 3.63) is 74.8 Å². The van der Waals surface area contributed by atoms with Crippen molar-refractivity contribution in [1.82, 2.24) is 5.43 Å². The number of carbonyl (C=O) groups is 1. The lowest BCUT2D eigenvalue weighted by molar-refractivity contribution is -0.385. The van der Waals surface area contributed by atoms with Gasteiger partial charge < -0.3 is 0 Å². The lowest BCUT2D eigenvalue weighted by Gasteiger charge is -2.02. The fourth-order valence-electron chi connectivity index (χ4n) is 2.07. The Bertz CT molecular complexity index is 752. The number of hydrogen-bond acceptors (Lipinski definition) is 4. The average molecular weight is 311 g/mol. The summed E-state index contributed by atoms with van der Waals surface area (Å²) in [5.41, 5.74) is 5.26. The Balaban J connectivity index is 2.02. The minimum atomic E-state index is -0.477. The molecule has 6 nitrogen and oxygen atoms in total. The molecule has 1 N–H and O–H groups in total. The van der Waals surface area contributed by atoms with E-state index in [4.69, 9.17) is 0 Å². The Morgan fingerprint density at radius 1 is 1.26 bits per heavy atom. The molecule has 0 saturated carbocycles. The van der Waals surface area contributed by atoms with Gasteiger partial charge in [0.05, 0.1) is 11.1 Å². The molecule has 2 aromatic rings.